The third-order valence-electron chi connectivity index (χ3n) is 1.85. The topological polar surface area (TPSA) is 68.1 Å². The van der Waals surface area contributed by atoms with Crippen molar-refractivity contribution in [3.8, 4) is 0 Å². The molecule has 0 radical (unpaired) electrons. The van der Waals surface area contributed by atoms with Gasteiger partial charge in [0.15, 0.2) is 0 Å². The van der Waals surface area contributed by atoms with Gasteiger partial charge in [-0.1, -0.05) is 0 Å². The molecular formula is C8H11N3O2. The SMILES string of the molecule is CN[C@H](C)c1cc([N+](=O)[O-])ccn1. The van der Waals surface area contributed by atoms with Crippen molar-refractivity contribution >= 4 is 5.69 Å². The summed E-state index contributed by atoms with van der Waals surface area (Å²) in [6.45, 7) is 1.89. The molecule has 0 aliphatic carbocycles. The molecule has 0 unspecified atom stereocenters. The van der Waals surface area contributed by atoms with E-state index in [1.165, 1.54) is 18.3 Å². The summed E-state index contributed by atoms with van der Waals surface area (Å²) in [6.07, 6.45) is 1.45. The van der Waals surface area contributed by atoms with Gasteiger partial charge in [0.1, 0.15) is 0 Å². The molecule has 0 saturated heterocycles. The zero-order valence-electron chi connectivity index (χ0n) is 7.52. The Morgan fingerprint density at radius 1 is 1.69 bits per heavy atom. The van der Waals surface area contributed by atoms with Gasteiger partial charge in [0.25, 0.3) is 5.69 Å². The molecule has 0 fully saturated rings. The summed E-state index contributed by atoms with van der Waals surface area (Å²) in [6, 6.07) is 2.88. The molecule has 5 heteroatoms. The highest BCUT2D eigenvalue weighted by molar-refractivity contribution is 5.30. The first-order chi connectivity index (χ1) is 6.15. The zero-order chi connectivity index (χ0) is 9.84. The van der Waals surface area contributed by atoms with E-state index in [1.807, 2.05) is 6.92 Å². The van der Waals surface area contributed by atoms with Crippen LogP contribution >= 0.6 is 0 Å². The van der Waals surface area contributed by atoms with Gasteiger partial charge in [-0.15, -0.1) is 0 Å². The van der Waals surface area contributed by atoms with Gasteiger partial charge in [0.2, 0.25) is 0 Å². The van der Waals surface area contributed by atoms with E-state index in [9.17, 15) is 10.1 Å². The number of nitrogens with one attached hydrogen (secondary N) is 1. The second kappa shape index (κ2) is 3.95. The number of hydrogen-bond acceptors (Lipinski definition) is 4. The standard InChI is InChI=1S/C8H11N3O2/c1-6(9-2)8-5-7(11(12)13)3-4-10-8/h3-6,9H,1-2H3/t6-/m1/s1. The lowest BCUT2D eigenvalue weighted by atomic mass is 10.2. The molecule has 0 spiro atoms. The Morgan fingerprint density at radius 2 is 2.38 bits per heavy atom. The first kappa shape index (κ1) is 9.60. The number of nitrogens with zero attached hydrogens (tertiary/aromatic N) is 2. The number of hydrogen-bond donors (Lipinski definition) is 1. The lowest BCUT2D eigenvalue weighted by Gasteiger charge is -2.07. The number of aromatic nitrogens is 1. The van der Waals surface area contributed by atoms with Crippen LogP contribution in [0.25, 0.3) is 0 Å². The van der Waals surface area contributed by atoms with Crippen LogP contribution < -0.4 is 5.32 Å². The van der Waals surface area contributed by atoms with E-state index in [0.29, 0.717) is 5.69 Å². The van der Waals surface area contributed by atoms with Crippen LogP contribution in [0.1, 0.15) is 18.7 Å². The van der Waals surface area contributed by atoms with E-state index in [0.717, 1.165) is 0 Å². The Bertz CT molecular complexity index is 314. The normalized spacial score (nSPS) is 12.5. The molecule has 1 N–H and O–H groups in total. The van der Waals surface area contributed by atoms with Crippen molar-refractivity contribution in [3.63, 3.8) is 0 Å². The third-order valence-corrected chi connectivity index (χ3v) is 1.85. The number of pyridine rings is 1. The monoisotopic (exact) mass is 181 g/mol. The van der Waals surface area contributed by atoms with Gasteiger partial charge in [0.05, 0.1) is 10.6 Å². The summed E-state index contributed by atoms with van der Waals surface area (Å²) in [4.78, 5) is 14.0. The van der Waals surface area contributed by atoms with Gasteiger partial charge >= 0.3 is 0 Å². The summed E-state index contributed by atoms with van der Waals surface area (Å²) < 4.78 is 0. The number of rotatable bonds is 3. The van der Waals surface area contributed by atoms with Gasteiger partial charge < -0.3 is 5.32 Å². The number of nitro groups is 1. The zero-order valence-corrected chi connectivity index (χ0v) is 7.52. The molecule has 0 aliphatic heterocycles. The van der Waals surface area contributed by atoms with Crippen LogP contribution in [0.5, 0.6) is 0 Å². The molecule has 1 heterocycles. The summed E-state index contributed by atoms with van der Waals surface area (Å²) >= 11 is 0. The summed E-state index contributed by atoms with van der Waals surface area (Å²) in [5, 5.41) is 13.4. The van der Waals surface area contributed by atoms with Crippen LogP contribution in [0.15, 0.2) is 18.3 Å². The Kier molecular flexibility index (Phi) is 2.92. The molecule has 0 aromatic carbocycles. The van der Waals surface area contributed by atoms with Gasteiger partial charge in [-0.3, -0.25) is 15.1 Å². The fourth-order valence-corrected chi connectivity index (χ4v) is 0.935. The summed E-state index contributed by atoms with van der Waals surface area (Å²) in [5.74, 6) is 0. The quantitative estimate of drug-likeness (QED) is 0.563. The van der Waals surface area contributed by atoms with E-state index < -0.39 is 4.92 Å². The highest BCUT2D eigenvalue weighted by Crippen LogP contribution is 2.15. The fraction of sp³-hybridized carbons (Fsp3) is 0.375. The lowest BCUT2D eigenvalue weighted by Crippen LogP contribution is -2.13. The van der Waals surface area contributed by atoms with Crippen molar-refractivity contribution in [3.05, 3.63) is 34.1 Å². The van der Waals surface area contributed by atoms with Crippen LogP contribution in [-0.2, 0) is 0 Å². The van der Waals surface area contributed by atoms with Crippen molar-refractivity contribution in [2.45, 2.75) is 13.0 Å². The van der Waals surface area contributed by atoms with Gasteiger partial charge in [-0.25, -0.2) is 0 Å². The Balaban J connectivity index is 2.98. The Labute approximate surface area is 75.9 Å². The fourth-order valence-electron chi connectivity index (χ4n) is 0.935. The third kappa shape index (κ3) is 2.22. The average molecular weight is 181 g/mol. The molecule has 1 atom stereocenters. The average Bonchev–Trinajstić information content (AvgIpc) is 2.17. The molecule has 1 aromatic rings. The molecule has 0 aliphatic rings. The van der Waals surface area contributed by atoms with Crippen LogP contribution in [0.2, 0.25) is 0 Å². The molecule has 5 nitrogen and oxygen atoms in total. The second-order valence-corrected chi connectivity index (χ2v) is 2.71. The van der Waals surface area contributed by atoms with Gasteiger partial charge in [-0.2, -0.15) is 0 Å². The predicted octanol–water partition coefficient (Wildman–Crippen LogP) is 1.27. The highest BCUT2D eigenvalue weighted by atomic mass is 16.6. The molecule has 70 valence electrons. The predicted molar refractivity (Wildman–Crippen MR) is 48.4 cm³/mol. The van der Waals surface area contributed by atoms with Gasteiger partial charge in [0, 0.05) is 24.4 Å². The van der Waals surface area contributed by atoms with Crippen molar-refractivity contribution in [1.29, 1.82) is 0 Å². The highest BCUT2D eigenvalue weighted by Gasteiger charge is 2.10. The van der Waals surface area contributed by atoms with E-state index in [1.54, 1.807) is 7.05 Å². The van der Waals surface area contributed by atoms with Crippen molar-refractivity contribution < 1.29 is 4.92 Å². The molecule has 13 heavy (non-hydrogen) atoms. The molecule has 0 amide bonds. The van der Waals surface area contributed by atoms with Crippen molar-refractivity contribution in [1.82, 2.24) is 10.3 Å². The van der Waals surface area contributed by atoms with E-state index in [2.05, 4.69) is 10.3 Å². The molecule has 1 rings (SSSR count). The minimum Gasteiger partial charge on any atom is -0.312 e. The minimum absolute atomic E-state index is 0.0277. The smallest absolute Gasteiger partial charge is 0.272 e. The van der Waals surface area contributed by atoms with Crippen molar-refractivity contribution in [2.24, 2.45) is 0 Å². The molecular weight excluding hydrogens is 170 g/mol. The summed E-state index contributed by atoms with van der Waals surface area (Å²) in [5.41, 5.74) is 0.754. The maximum absolute atomic E-state index is 10.4. The maximum Gasteiger partial charge on any atom is 0.272 e. The lowest BCUT2D eigenvalue weighted by molar-refractivity contribution is -0.385. The van der Waals surface area contributed by atoms with Crippen LogP contribution in [0.4, 0.5) is 5.69 Å². The minimum atomic E-state index is -0.423. The first-order valence-corrected chi connectivity index (χ1v) is 3.92. The summed E-state index contributed by atoms with van der Waals surface area (Å²) in [7, 11) is 1.78. The molecule has 0 saturated carbocycles. The Morgan fingerprint density at radius 3 is 2.92 bits per heavy atom. The van der Waals surface area contributed by atoms with E-state index >= 15 is 0 Å². The van der Waals surface area contributed by atoms with Crippen LogP contribution in [0.3, 0.4) is 0 Å². The maximum atomic E-state index is 10.4. The molecule has 1 aromatic heterocycles. The largest absolute Gasteiger partial charge is 0.312 e. The van der Waals surface area contributed by atoms with E-state index in [4.69, 9.17) is 0 Å². The Hall–Kier alpha value is -1.49. The first-order valence-electron chi connectivity index (χ1n) is 3.92. The second-order valence-electron chi connectivity index (χ2n) is 2.71. The van der Waals surface area contributed by atoms with Gasteiger partial charge in [-0.05, 0) is 14.0 Å². The molecule has 0 bridgehead atoms. The van der Waals surface area contributed by atoms with Crippen LogP contribution in [-0.4, -0.2) is 17.0 Å². The van der Waals surface area contributed by atoms with Crippen LogP contribution in [0, 0.1) is 10.1 Å². The van der Waals surface area contributed by atoms with Crippen molar-refractivity contribution in [2.75, 3.05) is 7.05 Å². The van der Waals surface area contributed by atoms with E-state index in [-0.39, 0.29) is 11.7 Å².